The zero-order valence-corrected chi connectivity index (χ0v) is 11.7. The summed E-state index contributed by atoms with van der Waals surface area (Å²) in [6.07, 6.45) is 0. The number of nitrogen functional groups attached to an aromatic ring is 1. The maximum atomic E-state index is 6.20. The third-order valence-electron chi connectivity index (χ3n) is 3.12. The lowest BCUT2D eigenvalue weighted by Crippen LogP contribution is -2.17. The standard InChI is InChI=1S/C14H15N3OS/c1-9-3-4-10(18-9)7-17(2)11-5-6-12-14(13(11)15)16-8-19-12/h3-6,8H,7,15H2,1-2H3. The fraction of sp³-hybridized carbons (Fsp3) is 0.214. The SMILES string of the molecule is Cc1ccc(CN(C)c2ccc3scnc3c2N)o1. The zero-order valence-electron chi connectivity index (χ0n) is 10.9. The lowest BCUT2D eigenvalue weighted by atomic mass is 10.2. The first-order valence-electron chi connectivity index (χ1n) is 6.03. The number of anilines is 2. The van der Waals surface area contributed by atoms with Crippen molar-refractivity contribution in [2.24, 2.45) is 0 Å². The molecule has 0 radical (unpaired) electrons. The smallest absolute Gasteiger partial charge is 0.123 e. The Bertz CT molecular complexity index is 716. The van der Waals surface area contributed by atoms with E-state index in [9.17, 15) is 0 Å². The first-order chi connectivity index (χ1) is 9.15. The molecule has 0 aliphatic carbocycles. The van der Waals surface area contributed by atoms with Crippen LogP contribution < -0.4 is 10.6 Å². The second-order valence-corrected chi connectivity index (χ2v) is 5.45. The summed E-state index contributed by atoms with van der Waals surface area (Å²) in [7, 11) is 2.00. The van der Waals surface area contributed by atoms with Crippen LogP contribution in [0.2, 0.25) is 0 Å². The van der Waals surface area contributed by atoms with E-state index >= 15 is 0 Å². The van der Waals surface area contributed by atoms with Crippen LogP contribution in [0.15, 0.2) is 34.2 Å². The molecule has 0 bridgehead atoms. The van der Waals surface area contributed by atoms with Gasteiger partial charge in [-0.1, -0.05) is 0 Å². The normalized spacial score (nSPS) is 11.1. The predicted molar refractivity (Wildman–Crippen MR) is 79.6 cm³/mol. The van der Waals surface area contributed by atoms with Crippen molar-refractivity contribution in [1.82, 2.24) is 4.98 Å². The van der Waals surface area contributed by atoms with Gasteiger partial charge in [0.15, 0.2) is 0 Å². The van der Waals surface area contributed by atoms with E-state index in [0.717, 1.165) is 33.1 Å². The van der Waals surface area contributed by atoms with Gasteiger partial charge in [0, 0.05) is 7.05 Å². The van der Waals surface area contributed by atoms with Crippen LogP contribution in [0.1, 0.15) is 11.5 Å². The quantitative estimate of drug-likeness (QED) is 0.743. The molecule has 19 heavy (non-hydrogen) atoms. The minimum Gasteiger partial charge on any atom is -0.464 e. The molecule has 98 valence electrons. The molecule has 4 nitrogen and oxygen atoms in total. The molecule has 3 aromatic rings. The van der Waals surface area contributed by atoms with E-state index in [2.05, 4.69) is 16.0 Å². The first kappa shape index (κ1) is 12.0. The fourth-order valence-electron chi connectivity index (χ4n) is 2.16. The van der Waals surface area contributed by atoms with Crippen LogP contribution in [0.25, 0.3) is 10.2 Å². The van der Waals surface area contributed by atoms with Gasteiger partial charge in [-0.15, -0.1) is 11.3 Å². The van der Waals surface area contributed by atoms with Crippen LogP contribution in [0.4, 0.5) is 11.4 Å². The molecule has 0 aliphatic heterocycles. The molecule has 0 saturated heterocycles. The summed E-state index contributed by atoms with van der Waals surface area (Å²) in [6.45, 7) is 2.63. The molecule has 0 saturated carbocycles. The molecule has 0 fully saturated rings. The molecular formula is C14H15N3OS. The van der Waals surface area contributed by atoms with E-state index in [-0.39, 0.29) is 0 Å². The van der Waals surface area contributed by atoms with Crippen molar-refractivity contribution in [1.29, 1.82) is 0 Å². The Morgan fingerprint density at radius 1 is 1.32 bits per heavy atom. The first-order valence-corrected chi connectivity index (χ1v) is 6.91. The molecule has 0 spiro atoms. The topological polar surface area (TPSA) is 55.3 Å². The summed E-state index contributed by atoms with van der Waals surface area (Å²) < 4.78 is 6.71. The van der Waals surface area contributed by atoms with E-state index in [1.165, 1.54) is 0 Å². The highest BCUT2D eigenvalue weighted by atomic mass is 32.1. The molecule has 0 unspecified atom stereocenters. The van der Waals surface area contributed by atoms with Crippen LogP contribution in [-0.2, 0) is 6.54 Å². The van der Waals surface area contributed by atoms with Crippen molar-refractivity contribution in [3.63, 3.8) is 0 Å². The summed E-state index contributed by atoms with van der Waals surface area (Å²) in [5.41, 5.74) is 10.6. The van der Waals surface area contributed by atoms with Gasteiger partial charge < -0.3 is 15.1 Å². The molecule has 0 amide bonds. The van der Waals surface area contributed by atoms with Gasteiger partial charge in [-0.3, -0.25) is 0 Å². The lowest BCUT2D eigenvalue weighted by molar-refractivity contribution is 0.482. The summed E-state index contributed by atoms with van der Waals surface area (Å²) in [4.78, 5) is 6.39. The Morgan fingerprint density at radius 2 is 2.16 bits per heavy atom. The summed E-state index contributed by atoms with van der Waals surface area (Å²) in [6, 6.07) is 8.05. The second kappa shape index (κ2) is 4.59. The predicted octanol–water partition coefficient (Wildman–Crippen LogP) is 3.42. The molecule has 2 N–H and O–H groups in total. The number of benzene rings is 1. The molecule has 5 heteroatoms. The van der Waals surface area contributed by atoms with E-state index in [1.54, 1.807) is 11.3 Å². The number of nitrogens with zero attached hydrogens (tertiary/aromatic N) is 2. The van der Waals surface area contributed by atoms with E-state index in [4.69, 9.17) is 10.2 Å². The highest BCUT2D eigenvalue weighted by Crippen LogP contribution is 2.32. The maximum Gasteiger partial charge on any atom is 0.123 e. The van der Waals surface area contributed by atoms with E-state index < -0.39 is 0 Å². The number of rotatable bonds is 3. The Balaban J connectivity index is 1.92. The van der Waals surface area contributed by atoms with Crippen LogP contribution >= 0.6 is 11.3 Å². The minimum absolute atomic E-state index is 0.688. The minimum atomic E-state index is 0.688. The second-order valence-electron chi connectivity index (χ2n) is 4.57. The molecule has 2 aromatic heterocycles. The lowest BCUT2D eigenvalue weighted by Gasteiger charge is -2.20. The molecule has 1 aromatic carbocycles. The van der Waals surface area contributed by atoms with Gasteiger partial charge >= 0.3 is 0 Å². The van der Waals surface area contributed by atoms with Gasteiger partial charge in [-0.2, -0.15) is 0 Å². The third kappa shape index (κ3) is 2.17. The molecule has 3 rings (SSSR count). The van der Waals surface area contributed by atoms with Crippen molar-refractivity contribution >= 4 is 32.9 Å². The Labute approximate surface area is 115 Å². The van der Waals surface area contributed by atoms with Gasteiger partial charge in [0.1, 0.15) is 17.0 Å². The van der Waals surface area contributed by atoms with Crippen LogP contribution in [0.3, 0.4) is 0 Å². The summed E-state index contributed by atoms with van der Waals surface area (Å²) in [5.74, 6) is 1.85. The van der Waals surface area contributed by atoms with Gasteiger partial charge in [-0.25, -0.2) is 4.98 Å². The number of fused-ring (bicyclic) bond motifs is 1. The maximum absolute atomic E-state index is 6.20. The zero-order chi connectivity index (χ0) is 13.4. The Kier molecular flexibility index (Phi) is 2.91. The highest BCUT2D eigenvalue weighted by molar-refractivity contribution is 7.16. The number of nitrogens with two attached hydrogens (primary N) is 1. The number of hydrogen-bond donors (Lipinski definition) is 1. The largest absolute Gasteiger partial charge is 0.464 e. The fourth-order valence-corrected chi connectivity index (χ4v) is 2.86. The monoisotopic (exact) mass is 273 g/mol. The van der Waals surface area contributed by atoms with Crippen molar-refractivity contribution in [3.8, 4) is 0 Å². The molecular weight excluding hydrogens is 258 g/mol. The number of hydrogen-bond acceptors (Lipinski definition) is 5. The average molecular weight is 273 g/mol. The van der Waals surface area contributed by atoms with Gasteiger partial charge in [0.25, 0.3) is 0 Å². The third-order valence-corrected chi connectivity index (χ3v) is 3.91. The van der Waals surface area contributed by atoms with Crippen LogP contribution in [0.5, 0.6) is 0 Å². The number of aromatic nitrogens is 1. The highest BCUT2D eigenvalue weighted by Gasteiger charge is 2.12. The van der Waals surface area contributed by atoms with Gasteiger partial charge in [0.05, 0.1) is 28.1 Å². The van der Waals surface area contributed by atoms with E-state index in [0.29, 0.717) is 6.54 Å². The van der Waals surface area contributed by atoms with Crippen LogP contribution in [0, 0.1) is 6.92 Å². The van der Waals surface area contributed by atoms with Gasteiger partial charge in [-0.05, 0) is 31.2 Å². The van der Waals surface area contributed by atoms with E-state index in [1.807, 2.05) is 37.7 Å². The summed E-state index contributed by atoms with van der Waals surface area (Å²) in [5, 5.41) is 0. The van der Waals surface area contributed by atoms with Crippen molar-refractivity contribution < 1.29 is 4.42 Å². The van der Waals surface area contributed by atoms with Crippen molar-refractivity contribution in [3.05, 3.63) is 41.3 Å². The summed E-state index contributed by atoms with van der Waals surface area (Å²) >= 11 is 1.60. The Hall–Kier alpha value is -2.01. The molecule has 0 aliphatic rings. The van der Waals surface area contributed by atoms with Crippen LogP contribution in [-0.4, -0.2) is 12.0 Å². The van der Waals surface area contributed by atoms with Crippen molar-refractivity contribution in [2.45, 2.75) is 13.5 Å². The van der Waals surface area contributed by atoms with Gasteiger partial charge in [0.2, 0.25) is 0 Å². The van der Waals surface area contributed by atoms with Crippen molar-refractivity contribution in [2.75, 3.05) is 17.7 Å². The molecule has 0 atom stereocenters. The number of aryl methyl sites for hydroxylation is 1. The number of furan rings is 1. The molecule has 2 heterocycles. The number of thiazole rings is 1. The average Bonchev–Trinajstić information content (AvgIpc) is 2.99. The Morgan fingerprint density at radius 3 is 2.89 bits per heavy atom.